The van der Waals surface area contributed by atoms with E-state index in [9.17, 15) is 4.79 Å². The molecule has 1 fully saturated rings. The number of anilines is 1. The minimum absolute atomic E-state index is 0.0853. The van der Waals surface area contributed by atoms with Crippen LogP contribution in [-0.4, -0.2) is 43.2 Å². The second kappa shape index (κ2) is 6.95. The van der Waals surface area contributed by atoms with Gasteiger partial charge < -0.3 is 20.1 Å². The van der Waals surface area contributed by atoms with E-state index in [1.165, 1.54) is 0 Å². The van der Waals surface area contributed by atoms with Gasteiger partial charge in [0, 0.05) is 13.1 Å². The molecule has 1 aliphatic rings. The van der Waals surface area contributed by atoms with Crippen LogP contribution in [0.5, 0.6) is 5.75 Å². The summed E-state index contributed by atoms with van der Waals surface area (Å²) in [6.07, 6.45) is -0.633. The molecule has 1 aliphatic heterocycles. The van der Waals surface area contributed by atoms with Crippen LogP contribution >= 0.6 is 22.6 Å². The summed E-state index contributed by atoms with van der Waals surface area (Å²) in [6.45, 7) is 3.95. The molecule has 0 aliphatic carbocycles. The predicted octanol–water partition coefficient (Wildman–Crippen LogP) is 1.37. The molecule has 7 heteroatoms. The number of amides is 1. The second-order valence-electron chi connectivity index (χ2n) is 4.69. The normalized spacial score (nSPS) is 16.1. The zero-order valence-electron chi connectivity index (χ0n) is 11.6. The van der Waals surface area contributed by atoms with Gasteiger partial charge in [-0.1, -0.05) is 0 Å². The third-order valence-electron chi connectivity index (χ3n) is 3.17. The molecule has 0 spiro atoms. The van der Waals surface area contributed by atoms with Crippen molar-refractivity contribution in [2.45, 2.75) is 13.0 Å². The lowest BCUT2D eigenvalue weighted by molar-refractivity contribution is -0.142. The molecule has 0 bridgehead atoms. The van der Waals surface area contributed by atoms with Crippen molar-refractivity contribution in [3.8, 4) is 11.8 Å². The Morgan fingerprint density at radius 3 is 2.76 bits per heavy atom. The zero-order valence-corrected chi connectivity index (χ0v) is 13.8. The number of halogens is 1. The number of hydrogen-bond donors (Lipinski definition) is 1. The first-order valence-corrected chi connectivity index (χ1v) is 7.63. The molecular formula is C14H16IN3O3. The number of carbonyl (C=O) groups is 1. The van der Waals surface area contributed by atoms with Gasteiger partial charge in [-0.05, 0) is 41.6 Å². The van der Waals surface area contributed by atoms with Crippen LogP contribution in [0.3, 0.4) is 0 Å². The monoisotopic (exact) mass is 401 g/mol. The Morgan fingerprint density at radius 1 is 1.52 bits per heavy atom. The van der Waals surface area contributed by atoms with Crippen LogP contribution < -0.4 is 10.5 Å². The molecule has 6 nitrogen and oxygen atoms in total. The van der Waals surface area contributed by atoms with Gasteiger partial charge in [0.15, 0.2) is 11.9 Å². The van der Waals surface area contributed by atoms with Gasteiger partial charge >= 0.3 is 0 Å². The average molecular weight is 401 g/mol. The van der Waals surface area contributed by atoms with Gasteiger partial charge in [0.2, 0.25) is 0 Å². The number of nitrogens with two attached hydrogens (primary N) is 1. The summed E-state index contributed by atoms with van der Waals surface area (Å²) in [7, 11) is 0. The van der Waals surface area contributed by atoms with Crippen molar-refractivity contribution in [1.29, 1.82) is 5.26 Å². The van der Waals surface area contributed by atoms with Crippen molar-refractivity contribution in [1.82, 2.24) is 4.90 Å². The highest BCUT2D eigenvalue weighted by Crippen LogP contribution is 2.30. The van der Waals surface area contributed by atoms with Crippen LogP contribution in [-0.2, 0) is 9.53 Å². The van der Waals surface area contributed by atoms with Gasteiger partial charge in [-0.15, -0.1) is 0 Å². The summed E-state index contributed by atoms with van der Waals surface area (Å²) in [5.41, 5.74) is 6.73. The number of ether oxygens (including phenoxy) is 2. The third kappa shape index (κ3) is 3.77. The molecule has 0 saturated carbocycles. The Hall–Kier alpha value is -1.53. The smallest absolute Gasteiger partial charge is 0.263 e. The fraction of sp³-hybridized carbons (Fsp3) is 0.429. The minimum Gasteiger partial charge on any atom is -0.478 e. The van der Waals surface area contributed by atoms with Gasteiger partial charge in [-0.25, -0.2) is 0 Å². The third-order valence-corrected chi connectivity index (χ3v) is 3.97. The Morgan fingerprint density at radius 2 is 2.19 bits per heavy atom. The molecule has 1 saturated heterocycles. The zero-order chi connectivity index (χ0) is 15.4. The van der Waals surface area contributed by atoms with Crippen molar-refractivity contribution in [3.05, 3.63) is 21.3 Å². The topological polar surface area (TPSA) is 88.6 Å². The Bertz CT molecular complexity index is 556. The van der Waals surface area contributed by atoms with E-state index >= 15 is 0 Å². The van der Waals surface area contributed by atoms with E-state index in [1.807, 2.05) is 28.7 Å². The van der Waals surface area contributed by atoms with Crippen molar-refractivity contribution in [3.63, 3.8) is 0 Å². The Balaban J connectivity index is 2.10. The van der Waals surface area contributed by atoms with Gasteiger partial charge in [0.1, 0.15) is 0 Å². The maximum Gasteiger partial charge on any atom is 0.263 e. The van der Waals surface area contributed by atoms with Crippen molar-refractivity contribution in [2.24, 2.45) is 0 Å². The van der Waals surface area contributed by atoms with E-state index in [2.05, 4.69) is 0 Å². The summed E-state index contributed by atoms with van der Waals surface area (Å²) >= 11 is 2.05. The summed E-state index contributed by atoms with van der Waals surface area (Å²) < 4.78 is 11.7. The van der Waals surface area contributed by atoms with Crippen LogP contribution in [0.25, 0.3) is 0 Å². The number of rotatable bonds is 3. The number of morpholine rings is 1. The van der Waals surface area contributed by atoms with E-state index in [1.54, 1.807) is 24.0 Å². The molecular weight excluding hydrogens is 385 g/mol. The fourth-order valence-corrected chi connectivity index (χ4v) is 2.85. The van der Waals surface area contributed by atoms with E-state index in [4.69, 9.17) is 20.5 Å². The number of nitriles is 1. The number of nitrogen functional groups attached to an aromatic ring is 1. The molecule has 112 valence electrons. The van der Waals surface area contributed by atoms with Crippen LogP contribution in [0.4, 0.5) is 5.69 Å². The molecule has 1 aromatic rings. The first kappa shape index (κ1) is 15.9. The highest BCUT2D eigenvalue weighted by molar-refractivity contribution is 14.1. The quantitative estimate of drug-likeness (QED) is 0.611. The number of nitrogens with zero attached hydrogens (tertiary/aromatic N) is 2. The van der Waals surface area contributed by atoms with E-state index < -0.39 is 6.10 Å². The first-order chi connectivity index (χ1) is 10.0. The van der Waals surface area contributed by atoms with Crippen LogP contribution in [0.1, 0.15) is 12.5 Å². The molecule has 2 rings (SSSR count). The van der Waals surface area contributed by atoms with Gasteiger partial charge in [0.25, 0.3) is 5.91 Å². The van der Waals surface area contributed by atoms with E-state index in [0.29, 0.717) is 46.9 Å². The SMILES string of the molecule is CC(Oc1c(N)cc(C#N)cc1I)C(=O)N1CCOCC1. The predicted molar refractivity (Wildman–Crippen MR) is 85.8 cm³/mol. The van der Waals surface area contributed by atoms with Crippen molar-refractivity contribution < 1.29 is 14.3 Å². The van der Waals surface area contributed by atoms with Gasteiger partial charge in [-0.2, -0.15) is 5.26 Å². The summed E-state index contributed by atoms with van der Waals surface area (Å²) in [4.78, 5) is 14.0. The molecule has 1 aromatic carbocycles. The highest BCUT2D eigenvalue weighted by Gasteiger charge is 2.25. The van der Waals surface area contributed by atoms with Crippen LogP contribution in [0, 0.1) is 14.9 Å². The van der Waals surface area contributed by atoms with E-state index in [-0.39, 0.29) is 5.91 Å². The van der Waals surface area contributed by atoms with Crippen LogP contribution in [0.15, 0.2) is 12.1 Å². The van der Waals surface area contributed by atoms with Gasteiger partial charge in [-0.3, -0.25) is 4.79 Å². The second-order valence-corrected chi connectivity index (χ2v) is 5.85. The maximum atomic E-state index is 12.3. The Labute approximate surface area is 136 Å². The van der Waals surface area contributed by atoms with Crippen molar-refractivity contribution >= 4 is 34.2 Å². The Kier molecular flexibility index (Phi) is 5.25. The molecule has 2 N–H and O–H groups in total. The molecule has 1 unspecified atom stereocenters. The van der Waals surface area contributed by atoms with Gasteiger partial charge in [0.05, 0.1) is 34.1 Å². The van der Waals surface area contributed by atoms with E-state index in [0.717, 1.165) is 0 Å². The lowest BCUT2D eigenvalue weighted by atomic mass is 10.2. The van der Waals surface area contributed by atoms with Crippen molar-refractivity contribution in [2.75, 3.05) is 32.0 Å². The summed E-state index contributed by atoms with van der Waals surface area (Å²) in [6, 6.07) is 5.26. The summed E-state index contributed by atoms with van der Waals surface area (Å²) in [5.74, 6) is 0.363. The standard InChI is InChI=1S/C14H16IN3O3/c1-9(14(19)18-2-4-20-5-3-18)21-13-11(15)6-10(8-16)7-12(13)17/h6-7,9H,2-5,17H2,1H3. The fourth-order valence-electron chi connectivity index (χ4n) is 2.07. The molecule has 1 amide bonds. The molecule has 21 heavy (non-hydrogen) atoms. The van der Waals surface area contributed by atoms with Crippen LogP contribution in [0.2, 0.25) is 0 Å². The molecule has 0 radical (unpaired) electrons. The molecule has 1 heterocycles. The number of benzene rings is 1. The maximum absolute atomic E-state index is 12.3. The number of carbonyl (C=O) groups excluding carboxylic acids is 1. The highest BCUT2D eigenvalue weighted by atomic mass is 127. The summed E-state index contributed by atoms with van der Waals surface area (Å²) in [5, 5.41) is 8.90. The molecule has 1 atom stereocenters. The minimum atomic E-state index is -0.633. The molecule has 0 aromatic heterocycles. The lowest BCUT2D eigenvalue weighted by Crippen LogP contribution is -2.46. The average Bonchev–Trinajstić information content (AvgIpc) is 2.50. The lowest BCUT2D eigenvalue weighted by Gasteiger charge is -2.29. The largest absolute Gasteiger partial charge is 0.478 e. The number of hydrogen-bond acceptors (Lipinski definition) is 5. The first-order valence-electron chi connectivity index (χ1n) is 6.55.